The maximum Gasteiger partial charge on any atom is 0.252 e. The number of halogens is 1. The fourth-order valence-corrected chi connectivity index (χ4v) is 3.00. The summed E-state index contributed by atoms with van der Waals surface area (Å²) in [6, 6.07) is 7.14. The highest BCUT2D eigenvalue weighted by molar-refractivity contribution is 7.99. The van der Waals surface area contributed by atoms with Gasteiger partial charge < -0.3 is 4.74 Å². The molecule has 6 nitrogen and oxygen atoms in total. The molecule has 112 valence electrons. The van der Waals surface area contributed by atoms with Crippen molar-refractivity contribution in [1.29, 1.82) is 0 Å². The van der Waals surface area contributed by atoms with Crippen LogP contribution in [-0.2, 0) is 11.4 Å². The average Bonchev–Trinajstić information content (AvgIpc) is 2.93. The molecule has 1 aromatic heterocycles. The molecular weight excluding hydrogens is 324 g/mol. The van der Waals surface area contributed by atoms with Gasteiger partial charge in [-0.25, -0.2) is 9.69 Å². The lowest BCUT2D eigenvalue weighted by atomic mass is 10.3. The van der Waals surface area contributed by atoms with Crippen molar-refractivity contribution in [3.8, 4) is 18.1 Å². The summed E-state index contributed by atoms with van der Waals surface area (Å²) in [6.07, 6.45) is 5.33. The molecule has 2 aromatic rings. The van der Waals surface area contributed by atoms with Crippen molar-refractivity contribution in [3.63, 3.8) is 0 Å². The maximum absolute atomic E-state index is 12.0. The monoisotopic (exact) mass is 334 g/mol. The molecule has 0 saturated carbocycles. The first-order valence-corrected chi connectivity index (χ1v) is 7.75. The van der Waals surface area contributed by atoms with Crippen molar-refractivity contribution in [1.82, 2.24) is 14.9 Å². The quantitative estimate of drug-likeness (QED) is 0.797. The van der Waals surface area contributed by atoms with Crippen molar-refractivity contribution in [2.75, 3.05) is 17.3 Å². The summed E-state index contributed by atoms with van der Waals surface area (Å²) >= 11 is 7.37. The normalized spacial score (nSPS) is 13.6. The molecule has 0 unspecified atom stereocenters. The molecule has 0 N–H and O–H groups in total. The van der Waals surface area contributed by atoms with E-state index < -0.39 is 0 Å². The number of carbonyl (C=O) groups is 1. The van der Waals surface area contributed by atoms with Crippen LogP contribution in [0.3, 0.4) is 0 Å². The molecular formula is C14H11ClN4O2S. The van der Waals surface area contributed by atoms with E-state index in [9.17, 15) is 4.79 Å². The molecule has 1 aliphatic heterocycles. The molecule has 8 heteroatoms. The van der Waals surface area contributed by atoms with Crippen LogP contribution in [0.2, 0.25) is 5.02 Å². The van der Waals surface area contributed by atoms with Crippen molar-refractivity contribution < 1.29 is 9.53 Å². The molecule has 0 fully saturated rings. The first kappa shape index (κ1) is 14.8. The van der Waals surface area contributed by atoms with Crippen LogP contribution in [0.15, 0.2) is 29.4 Å². The van der Waals surface area contributed by atoms with E-state index in [1.54, 1.807) is 16.8 Å². The Bertz CT molecular complexity index is 756. The summed E-state index contributed by atoms with van der Waals surface area (Å²) in [6.45, 7) is 0.287. The van der Waals surface area contributed by atoms with Crippen molar-refractivity contribution >= 4 is 29.3 Å². The predicted molar refractivity (Wildman–Crippen MR) is 83.5 cm³/mol. The van der Waals surface area contributed by atoms with Gasteiger partial charge in [0, 0.05) is 0 Å². The highest BCUT2D eigenvalue weighted by atomic mass is 35.5. The Hall–Kier alpha value is -2.17. The third kappa shape index (κ3) is 2.75. The lowest BCUT2D eigenvalue weighted by molar-refractivity contribution is -0.117. The molecule has 3 rings (SSSR count). The Morgan fingerprint density at radius 3 is 3.00 bits per heavy atom. The van der Waals surface area contributed by atoms with Gasteiger partial charge in [0.1, 0.15) is 18.9 Å². The number of benzene rings is 1. The Balaban J connectivity index is 1.84. The highest BCUT2D eigenvalue weighted by Gasteiger charge is 2.28. The number of carbonyl (C=O) groups excluding carboxylic acids is 1. The third-order valence-corrected chi connectivity index (χ3v) is 4.18. The summed E-state index contributed by atoms with van der Waals surface area (Å²) in [5, 5.41) is 10.7. The van der Waals surface area contributed by atoms with E-state index in [1.165, 1.54) is 16.8 Å². The van der Waals surface area contributed by atoms with Gasteiger partial charge in [0.25, 0.3) is 5.91 Å². The van der Waals surface area contributed by atoms with Crippen LogP contribution < -0.4 is 9.75 Å². The van der Waals surface area contributed by atoms with Crippen LogP contribution in [0.5, 0.6) is 5.75 Å². The Morgan fingerprint density at radius 2 is 2.23 bits per heavy atom. The Kier molecular flexibility index (Phi) is 4.22. The van der Waals surface area contributed by atoms with Crippen LogP contribution in [0.4, 0.5) is 0 Å². The van der Waals surface area contributed by atoms with Crippen LogP contribution in [0.1, 0.15) is 5.82 Å². The zero-order chi connectivity index (χ0) is 15.5. The standard InChI is InChI=1S/C14H11ClN4O2S/c1-2-7-18-13(20)9-22-14-17-16-12(19(14)18)8-21-11-6-4-3-5-10(11)15/h1,3-6H,7-9H2. The molecule has 2 heterocycles. The summed E-state index contributed by atoms with van der Waals surface area (Å²) in [5.41, 5.74) is 0. The van der Waals surface area contributed by atoms with Crippen LogP contribution in [0, 0.1) is 12.3 Å². The molecule has 0 atom stereocenters. The van der Waals surface area contributed by atoms with Gasteiger partial charge in [-0.15, -0.1) is 16.6 Å². The van der Waals surface area contributed by atoms with Gasteiger partial charge >= 0.3 is 0 Å². The van der Waals surface area contributed by atoms with Crippen LogP contribution in [-0.4, -0.2) is 33.1 Å². The van der Waals surface area contributed by atoms with E-state index >= 15 is 0 Å². The molecule has 0 aliphatic carbocycles. The van der Waals surface area contributed by atoms with Gasteiger partial charge in [0.2, 0.25) is 5.16 Å². The number of thioether (sulfide) groups is 1. The molecule has 0 radical (unpaired) electrons. The third-order valence-electron chi connectivity index (χ3n) is 2.97. The average molecular weight is 335 g/mol. The van der Waals surface area contributed by atoms with Gasteiger partial charge in [-0.2, -0.15) is 0 Å². The first-order chi connectivity index (χ1) is 10.7. The number of fused-ring (bicyclic) bond motifs is 1. The number of ether oxygens (including phenoxy) is 1. The van der Waals surface area contributed by atoms with Crippen LogP contribution in [0.25, 0.3) is 0 Å². The van der Waals surface area contributed by atoms with Gasteiger partial charge in [-0.05, 0) is 12.1 Å². The zero-order valence-electron chi connectivity index (χ0n) is 11.4. The Labute approximate surface area is 136 Å². The predicted octanol–water partition coefficient (Wildman–Crippen LogP) is 1.71. The first-order valence-electron chi connectivity index (χ1n) is 6.39. The zero-order valence-corrected chi connectivity index (χ0v) is 13.0. The van der Waals surface area contributed by atoms with Crippen molar-refractivity contribution in [2.24, 2.45) is 0 Å². The minimum absolute atomic E-state index is 0.0887. The van der Waals surface area contributed by atoms with E-state index in [0.29, 0.717) is 27.5 Å². The fraction of sp³-hybridized carbons (Fsp3) is 0.214. The number of rotatable bonds is 4. The molecule has 1 amide bonds. The SMILES string of the molecule is C#CCN1C(=O)CSc2nnc(COc3ccccc3Cl)n21. The van der Waals surface area contributed by atoms with E-state index in [2.05, 4.69) is 16.1 Å². The molecule has 1 aliphatic rings. The lowest BCUT2D eigenvalue weighted by Gasteiger charge is -2.27. The van der Waals surface area contributed by atoms with Gasteiger partial charge in [0.15, 0.2) is 5.82 Å². The number of hydrogen-bond donors (Lipinski definition) is 0. The number of terminal acetylenes is 1. The smallest absolute Gasteiger partial charge is 0.252 e. The molecule has 0 saturated heterocycles. The fourth-order valence-electron chi connectivity index (χ4n) is 1.98. The molecule has 1 aromatic carbocycles. The second-order valence-corrected chi connectivity index (χ2v) is 5.72. The number of amides is 1. The summed E-state index contributed by atoms with van der Waals surface area (Å²) < 4.78 is 7.26. The summed E-state index contributed by atoms with van der Waals surface area (Å²) in [4.78, 5) is 12.0. The van der Waals surface area contributed by atoms with Gasteiger partial charge in [-0.1, -0.05) is 41.4 Å². The minimum atomic E-state index is -0.0887. The topological polar surface area (TPSA) is 60.3 Å². The van der Waals surface area contributed by atoms with E-state index in [1.807, 2.05) is 12.1 Å². The van der Waals surface area contributed by atoms with Crippen molar-refractivity contribution in [2.45, 2.75) is 11.8 Å². The second-order valence-electron chi connectivity index (χ2n) is 4.37. The number of nitrogens with zero attached hydrogens (tertiary/aromatic N) is 4. The second kappa shape index (κ2) is 6.30. The maximum atomic E-state index is 12.0. The van der Waals surface area contributed by atoms with Gasteiger partial charge in [-0.3, -0.25) is 4.79 Å². The van der Waals surface area contributed by atoms with E-state index in [-0.39, 0.29) is 19.1 Å². The van der Waals surface area contributed by atoms with E-state index in [4.69, 9.17) is 22.8 Å². The minimum Gasteiger partial charge on any atom is -0.484 e. The summed E-state index contributed by atoms with van der Waals surface area (Å²) in [7, 11) is 0. The molecule has 0 spiro atoms. The molecule has 22 heavy (non-hydrogen) atoms. The van der Waals surface area contributed by atoms with Gasteiger partial charge in [0.05, 0.1) is 10.8 Å². The Morgan fingerprint density at radius 1 is 1.41 bits per heavy atom. The largest absolute Gasteiger partial charge is 0.484 e. The number of aromatic nitrogens is 3. The lowest BCUT2D eigenvalue weighted by Crippen LogP contribution is -2.46. The van der Waals surface area contributed by atoms with Crippen LogP contribution >= 0.6 is 23.4 Å². The number of hydrogen-bond acceptors (Lipinski definition) is 5. The number of para-hydroxylation sites is 1. The molecule has 0 bridgehead atoms. The van der Waals surface area contributed by atoms with E-state index in [0.717, 1.165) is 0 Å². The highest BCUT2D eigenvalue weighted by Crippen LogP contribution is 2.26. The summed E-state index contributed by atoms with van der Waals surface area (Å²) in [5.74, 6) is 3.71. The van der Waals surface area contributed by atoms with Crippen molar-refractivity contribution in [3.05, 3.63) is 35.1 Å².